The van der Waals surface area contributed by atoms with E-state index in [4.69, 9.17) is 37.2 Å². The molecule has 0 amide bonds. The summed E-state index contributed by atoms with van der Waals surface area (Å²) >= 11 is 3.00. The summed E-state index contributed by atoms with van der Waals surface area (Å²) in [7, 11) is -1.88. The Morgan fingerprint density at radius 3 is 1.41 bits per heavy atom. The molecule has 16 nitrogen and oxygen atoms in total. The van der Waals surface area contributed by atoms with Crippen molar-refractivity contribution >= 4 is 36.2 Å². The topological polar surface area (TPSA) is 200 Å². The van der Waals surface area contributed by atoms with Crippen molar-refractivity contribution < 1.29 is 64.2 Å². The smallest absolute Gasteiger partial charge is 0.339 e. The number of hydrogen-bond acceptors (Lipinski definition) is 16. The molecule has 2 unspecified atom stereocenters. The standard InChI is InChI=1S/C27H29NO7S.C25H25NO6S.C2H5BrO/c1-32-24-9-8-18-14-23-21-16-26(34-13-12-29)25(33-2)15-19(21)10-11-28(23)17-22(18)27(24)35-36(30,31)20-6-4-3-5-7-20;1-30-23-9-8-16-12-21-19-14-22(27)24(31-2)13-17(19)10-11-26(21)15-20(16)25(23)32-33(28,29)18-6-4-3-5-7-18;3-1-2-4/h3-9,15-16,23,29H,10-14,17H2,1-2H3;3-9,13-14,21,27H,10-12,15H2,1-2H3;4H,1-2H2. The summed E-state index contributed by atoms with van der Waals surface area (Å²) in [6.45, 7) is 2.98. The normalized spacial score (nSPS) is 16.6. The fraction of sp³-hybridized carbons (Fsp3) is 0.333. The molecular weight excluding hydrogens is 1040 g/mol. The molecule has 19 heteroatoms. The average Bonchev–Trinajstić information content (AvgIpc) is 3.41. The summed E-state index contributed by atoms with van der Waals surface area (Å²) in [6, 6.07) is 31.6. The molecule has 2 atom stereocenters. The van der Waals surface area contributed by atoms with Gasteiger partial charge < -0.3 is 47.4 Å². The lowest BCUT2D eigenvalue weighted by Gasteiger charge is -2.42. The predicted octanol–water partition coefficient (Wildman–Crippen LogP) is 7.70. The number of halogens is 1. The van der Waals surface area contributed by atoms with Crippen molar-refractivity contribution in [1.82, 2.24) is 9.80 Å². The molecule has 0 radical (unpaired) electrons. The Labute approximate surface area is 435 Å². The molecule has 0 bridgehead atoms. The highest BCUT2D eigenvalue weighted by molar-refractivity contribution is 9.09. The first-order valence-electron chi connectivity index (χ1n) is 23.6. The number of benzene rings is 6. The van der Waals surface area contributed by atoms with Gasteiger partial charge in [0.2, 0.25) is 0 Å². The summed E-state index contributed by atoms with van der Waals surface area (Å²) in [5.74, 6) is 3.09. The van der Waals surface area contributed by atoms with Gasteiger partial charge in [0.25, 0.3) is 0 Å². The zero-order chi connectivity index (χ0) is 51.9. The molecule has 4 aliphatic rings. The monoisotopic (exact) mass is 1100 g/mol. The number of phenolic OH excluding ortho intramolecular Hbond substituents is 1. The number of hydrogen-bond donors (Lipinski definition) is 3. The Kier molecular flexibility index (Phi) is 17.1. The summed E-state index contributed by atoms with van der Waals surface area (Å²) in [5.41, 5.74) is 8.21. The second-order valence-corrected chi connectivity index (χ2v) is 21.3. The minimum Gasteiger partial charge on any atom is -0.504 e. The first kappa shape index (κ1) is 53.2. The van der Waals surface area contributed by atoms with E-state index in [2.05, 4.69) is 25.7 Å². The highest BCUT2D eigenvalue weighted by atomic mass is 79.9. The van der Waals surface area contributed by atoms with E-state index < -0.39 is 20.2 Å². The number of rotatable bonds is 14. The summed E-state index contributed by atoms with van der Waals surface area (Å²) in [6.07, 6.45) is 2.97. The summed E-state index contributed by atoms with van der Waals surface area (Å²) in [5, 5.41) is 28.1. The van der Waals surface area contributed by atoms with Crippen LogP contribution in [-0.4, -0.2) is 109 Å². The lowest BCUT2D eigenvalue weighted by molar-refractivity contribution is 0.157. The van der Waals surface area contributed by atoms with Gasteiger partial charge in [0, 0.05) is 54.7 Å². The summed E-state index contributed by atoms with van der Waals surface area (Å²) < 4.78 is 90.9. The molecule has 6 aromatic carbocycles. The highest BCUT2D eigenvalue weighted by Crippen LogP contribution is 2.48. The Morgan fingerprint density at radius 1 is 0.548 bits per heavy atom. The Morgan fingerprint density at radius 2 is 0.986 bits per heavy atom. The molecule has 0 fully saturated rings. The maximum absolute atomic E-state index is 13.1. The van der Waals surface area contributed by atoms with Gasteiger partial charge in [-0.25, -0.2) is 0 Å². The number of aliphatic hydroxyl groups is 2. The van der Waals surface area contributed by atoms with E-state index in [0.29, 0.717) is 60.0 Å². The van der Waals surface area contributed by atoms with Gasteiger partial charge in [-0.1, -0.05) is 64.5 Å². The largest absolute Gasteiger partial charge is 0.504 e. The Bertz CT molecular complexity index is 3120. The van der Waals surface area contributed by atoms with E-state index in [1.54, 1.807) is 68.8 Å². The van der Waals surface area contributed by atoms with E-state index in [1.807, 2.05) is 30.3 Å². The lowest BCUT2D eigenvalue weighted by atomic mass is 9.83. The number of aromatic hydroxyl groups is 1. The molecule has 0 spiro atoms. The van der Waals surface area contributed by atoms with Gasteiger partial charge in [-0.05, 0) is 120 Å². The third-order valence-corrected chi connectivity index (χ3v) is 16.1. The van der Waals surface area contributed by atoms with Gasteiger partial charge in [-0.3, -0.25) is 9.80 Å². The molecule has 6 aromatic rings. The van der Waals surface area contributed by atoms with Gasteiger partial charge >= 0.3 is 20.2 Å². The van der Waals surface area contributed by atoms with Crippen molar-refractivity contribution in [2.75, 3.05) is 66.7 Å². The number of phenols is 1. The van der Waals surface area contributed by atoms with Crippen LogP contribution in [0.25, 0.3) is 0 Å². The van der Waals surface area contributed by atoms with E-state index >= 15 is 0 Å². The fourth-order valence-electron chi connectivity index (χ4n) is 9.82. The van der Waals surface area contributed by atoms with Crippen LogP contribution in [0, 0.1) is 0 Å². The molecule has 0 aromatic heterocycles. The number of fused-ring (bicyclic) bond motifs is 8. The van der Waals surface area contributed by atoms with E-state index in [-0.39, 0.29) is 58.9 Å². The van der Waals surface area contributed by atoms with Gasteiger partial charge in [0.1, 0.15) is 16.4 Å². The number of nitrogens with zero attached hydrogens (tertiary/aromatic N) is 2. The van der Waals surface area contributed by atoms with Crippen LogP contribution in [0.2, 0.25) is 0 Å². The first-order valence-corrected chi connectivity index (χ1v) is 27.6. The van der Waals surface area contributed by atoms with E-state index in [0.717, 1.165) is 64.9 Å². The molecule has 0 saturated heterocycles. The Hall–Kier alpha value is -6.06. The van der Waals surface area contributed by atoms with Crippen LogP contribution in [0.15, 0.2) is 119 Å². The maximum atomic E-state index is 13.1. The number of aliphatic hydroxyl groups excluding tert-OH is 2. The van der Waals surface area contributed by atoms with Crippen LogP contribution in [0.1, 0.15) is 56.6 Å². The molecule has 0 aliphatic carbocycles. The van der Waals surface area contributed by atoms with Gasteiger partial charge in [-0.15, -0.1) is 0 Å². The van der Waals surface area contributed by atoms with Crippen molar-refractivity contribution in [3.8, 4) is 46.0 Å². The molecule has 10 rings (SSSR count). The molecule has 3 N–H and O–H groups in total. The van der Waals surface area contributed by atoms with Crippen molar-refractivity contribution in [3.63, 3.8) is 0 Å². The third-order valence-electron chi connectivity index (χ3n) is 13.3. The zero-order valence-corrected chi connectivity index (χ0v) is 44.2. The SMILES string of the molecule is COc1cc2c(cc1O)C1Cc3ccc(OC)c(OS(=O)(=O)c4ccccc4)c3CN1CC2.COc1cc2c(cc1OCCO)C1Cc3ccc(OC)c(OS(=O)(=O)c4ccccc4)c3CN1CC2.OCCBr. The molecule has 388 valence electrons. The van der Waals surface area contributed by atoms with Gasteiger partial charge in [-0.2, -0.15) is 16.8 Å². The Balaban J connectivity index is 0.000000182. The van der Waals surface area contributed by atoms with Crippen molar-refractivity contribution in [2.45, 2.75) is 60.6 Å². The molecular formula is C54H59BrN2O14S2. The van der Waals surface area contributed by atoms with Crippen molar-refractivity contribution in [2.24, 2.45) is 0 Å². The van der Waals surface area contributed by atoms with E-state index in [9.17, 15) is 27.0 Å². The summed E-state index contributed by atoms with van der Waals surface area (Å²) in [4.78, 5) is 4.80. The molecule has 4 aliphatic heterocycles. The minimum absolute atomic E-state index is 0.0741. The van der Waals surface area contributed by atoms with Crippen LogP contribution < -0.4 is 32.1 Å². The van der Waals surface area contributed by atoms with E-state index in [1.165, 1.54) is 44.0 Å². The zero-order valence-electron chi connectivity index (χ0n) is 41.0. The minimum atomic E-state index is -4.03. The number of ether oxygens (including phenoxy) is 5. The maximum Gasteiger partial charge on any atom is 0.339 e. The highest BCUT2D eigenvalue weighted by Gasteiger charge is 2.38. The van der Waals surface area contributed by atoms with Crippen molar-refractivity contribution in [3.05, 3.63) is 154 Å². The number of methoxy groups -OCH3 is 4. The molecule has 4 heterocycles. The third kappa shape index (κ3) is 11.5. The predicted molar refractivity (Wildman–Crippen MR) is 277 cm³/mol. The van der Waals surface area contributed by atoms with Crippen LogP contribution in [0.3, 0.4) is 0 Å². The van der Waals surface area contributed by atoms with Crippen LogP contribution in [0.4, 0.5) is 0 Å². The second-order valence-electron chi connectivity index (χ2n) is 17.5. The van der Waals surface area contributed by atoms with Gasteiger partial charge in [0.15, 0.2) is 46.0 Å². The van der Waals surface area contributed by atoms with Crippen LogP contribution >= 0.6 is 15.9 Å². The lowest BCUT2D eigenvalue weighted by Crippen LogP contribution is -2.39. The quantitative estimate of drug-likeness (QED) is 0.0707. The molecule has 73 heavy (non-hydrogen) atoms. The fourth-order valence-corrected chi connectivity index (χ4v) is 11.8. The first-order chi connectivity index (χ1) is 35.3. The van der Waals surface area contributed by atoms with Crippen LogP contribution in [0.5, 0.6) is 46.0 Å². The number of alkyl halides is 1. The van der Waals surface area contributed by atoms with Crippen LogP contribution in [-0.2, 0) is 59.0 Å². The van der Waals surface area contributed by atoms with Crippen molar-refractivity contribution in [1.29, 1.82) is 0 Å². The van der Waals surface area contributed by atoms with Gasteiger partial charge in [0.05, 0.1) is 41.7 Å². The average molecular weight is 1100 g/mol. The molecule has 0 saturated carbocycles. The second kappa shape index (κ2) is 23.4.